The van der Waals surface area contributed by atoms with Crippen molar-refractivity contribution >= 4 is 18.3 Å². The molecule has 0 bridgehead atoms. The zero-order chi connectivity index (χ0) is 14.8. The molecule has 1 aromatic heterocycles. The molecule has 1 aromatic rings. The van der Waals surface area contributed by atoms with Gasteiger partial charge in [-0.15, -0.1) is 0 Å². The summed E-state index contributed by atoms with van der Waals surface area (Å²) in [5.41, 5.74) is 5.58. The monoisotopic (exact) mass is 276 g/mol. The van der Waals surface area contributed by atoms with Crippen LogP contribution in [0.25, 0.3) is 5.57 Å². The summed E-state index contributed by atoms with van der Waals surface area (Å²) in [6.45, 7) is 5.59. The topological polar surface area (TPSA) is 7.94 Å². The van der Waals surface area contributed by atoms with E-state index in [-0.39, 0.29) is 0 Å². The lowest BCUT2D eigenvalue weighted by molar-refractivity contribution is -0.363. The van der Waals surface area contributed by atoms with Crippen molar-refractivity contribution in [2.75, 3.05) is 0 Å². The zero-order valence-corrected chi connectivity index (χ0v) is 12.6. The minimum atomic E-state index is -3.80. The van der Waals surface area contributed by atoms with Gasteiger partial charge in [-0.2, -0.15) is 0 Å². The first kappa shape index (κ1) is 13.3. The molecule has 0 atom stereocenters. The van der Waals surface area contributed by atoms with E-state index >= 15 is 8.63 Å². The number of halogens is 2. The molecule has 3 rings (SSSR count). The van der Waals surface area contributed by atoms with Crippen LogP contribution < -0.4 is 0 Å². The molecule has 0 radical (unpaired) electrons. The Labute approximate surface area is 118 Å². The van der Waals surface area contributed by atoms with Crippen LogP contribution in [0.2, 0.25) is 0 Å². The lowest BCUT2D eigenvalue weighted by Crippen LogP contribution is -2.51. The maximum atomic E-state index is 15.0. The Kier molecular flexibility index (Phi) is 2.62. The minimum absolute atomic E-state index is 0.629. The number of aromatic nitrogens is 1. The van der Waals surface area contributed by atoms with Crippen LogP contribution >= 0.6 is 0 Å². The summed E-state index contributed by atoms with van der Waals surface area (Å²) in [6, 6.07) is 1.86. The molecule has 0 saturated heterocycles. The van der Waals surface area contributed by atoms with Gasteiger partial charge in [-0.3, -0.25) is 0 Å². The van der Waals surface area contributed by atoms with Crippen molar-refractivity contribution < 1.29 is 13.1 Å². The van der Waals surface area contributed by atoms with E-state index in [0.717, 1.165) is 23.1 Å². The molecule has 3 heterocycles. The molecule has 0 N–H and O–H groups in total. The van der Waals surface area contributed by atoms with Crippen LogP contribution in [-0.4, -0.2) is 21.6 Å². The van der Waals surface area contributed by atoms with Gasteiger partial charge in [0.25, 0.3) is 0 Å². The molecule has 20 heavy (non-hydrogen) atoms. The van der Waals surface area contributed by atoms with Crippen molar-refractivity contribution in [3.05, 3.63) is 40.4 Å². The molecule has 2 aliphatic rings. The highest BCUT2D eigenvalue weighted by molar-refractivity contribution is 6.58. The standard InChI is InChI=1S/C15H19BF2N2/c1-6-13-14-9(2)7-11(4)19(14)16(17,18)20-12(5)8-10(3)15(13)20/h7-8H,6H2,1-5H3. The normalized spacial score (nSPS) is 20.2. The first-order chi connectivity index (χ1) is 9.30. The van der Waals surface area contributed by atoms with Crippen LogP contribution in [-0.2, 0) is 0 Å². The van der Waals surface area contributed by atoms with Gasteiger partial charge in [-0.25, -0.2) is 0 Å². The third kappa shape index (κ3) is 1.41. The van der Waals surface area contributed by atoms with Gasteiger partial charge in [0.05, 0.1) is 0 Å². The molecule has 0 unspecified atom stereocenters. The fourth-order valence-electron chi connectivity index (χ4n) is 3.77. The lowest BCUT2D eigenvalue weighted by Gasteiger charge is -2.33. The summed E-state index contributed by atoms with van der Waals surface area (Å²) in [6.07, 6.45) is 2.61. The SMILES string of the molecule is CCC1=C2C(C)=CC(C)=[N+]2[B-](F)(F)n2c(C)cc(C)c21. The Morgan fingerprint density at radius 2 is 1.85 bits per heavy atom. The predicted octanol–water partition coefficient (Wildman–Crippen LogP) is 3.90. The Bertz CT molecular complexity index is 720. The first-order valence-corrected chi connectivity index (χ1v) is 7.06. The summed E-state index contributed by atoms with van der Waals surface area (Å²) in [7, 11) is 0. The van der Waals surface area contributed by atoms with Gasteiger partial charge in [0.2, 0.25) is 0 Å². The van der Waals surface area contributed by atoms with Crippen molar-refractivity contribution in [1.82, 2.24) is 4.48 Å². The molecular weight excluding hydrogens is 257 g/mol. The summed E-state index contributed by atoms with van der Waals surface area (Å²) >= 11 is 0. The summed E-state index contributed by atoms with van der Waals surface area (Å²) in [5.74, 6) is 0. The lowest BCUT2D eigenvalue weighted by atomic mass is 9.85. The third-order valence-electron chi connectivity index (χ3n) is 4.39. The van der Waals surface area contributed by atoms with E-state index in [1.807, 2.05) is 32.9 Å². The van der Waals surface area contributed by atoms with Gasteiger partial charge in [0.15, 0.2) is 5.70 Å². The van der Waals surface area contributed by atoms with Gasteiger partial charge < -0.3 is 17.6 Å². The van der Waals surface area contributed by atoms with Crippen molar-refractivity contribution in [1.29, 1.82) is 0 Å². The van der Waals surface area contributed by atoms with Crippen LogP contribution in [0, 0.1) is 13.8 Å². The van der Waals surface area contributed by atoms with E-state index in [2.05, 4.69) is 0 Å². The fraction of sp³-hybridized carbons (Fsp3) is 0.400. The number of aryl methyl sites for hydroxylation is 2. The Morgan fingerprint density at radius 1 is 1.20 bits per heavy atom. The Balaban J connectivity index is 2.48. The molecule has 0 fully saturated rings. The van der Waals surface area contributed by atoms with E-state index in [1.54, 1.807) is 13.8 Å². The highest BCUT2D eigenvalue weighted by Crippen LogP contribution is 2.42. The summed E-state index contributed by atoms with van der Waals surface area (Å²) in [5, 5.41) is 0. The number of hydrogen-bond acceptors (Lipinski definition) is 0. The molecular formula is C15H19BF2N2. The average Bonchev–Trinajstić information content (AvgIpc) is 2.79. The molecule has 2 nitrogen and oxygen atoms in total. The van der Waals surface area contributed by atoms with Crippen molar-refractivity contribution in [3.8, 4) is 0 Å². The van der Waals surface area contributed by atoms with Crippen LogP contribution in [0.5, 0.6) is 0 Å². The van der Waals surface area contributed by atoms with E-state index in [9.17, 15) is 0 Å². The number of allylic oxidation sites excluding steroid dienone is 3. The molecule has 0 saturated carbocycles. The maximum Gasteiger partial charge on any atom is 0.737 e. The molecule has 0 aromatic carbocycles. The maximum absolute atomic E-state index is 15.0. The molecule has 0 spiro atoms. The number of fused-ring (bicyclic) bond motifs is 2. The fourth-order valence-corrected chi connectivity index (χ4v) is 3.77. The van der Waals surface area contributed by atoms with Gasteiger partial charge in [-0.1, -0.05) is 6.92 Å². The van der Waals surface area contributed by atoms with E-state index in [4.69, 9.17) is 0 Å². The first-order valence-electron chi connectivity index (χ1n) is 7.06. The van der Waals surface area contributed by atoms with Gasteiger partial charge >= 0.3 is 6.97 Å². The van der Waals surface area contributed by atoms with Gasteiger partial charge in [0, 0.05) is 29.8 Å². The second-order valence-electron chi connectivity index (χ2n) is 5.80. The third-order valence-corrected chi connectivity index (χ3v) is 4.39. The number of hydrogen-bond donors (Lipinski definition) is 0. The van der Waals surface area contributed by atoms with E-state index < -0.39 is 6.97 Å². The molecule has 106 valence electrons. The zero-order valence-electron chi connectivity index (χ0n) is 12.6. The quantitative estimate of drug-likeness (QED) is 0.687. The van der Waals surface area contributed by atoms with Crippen molar-refractivity contribution in [3.63, 3.8) is 0 Å². The molecule has 2 aliphatic heterocycles. The summed E-state index contributed by atoms with van der Waals surface area (Å²) in [4.78, 5) is 0. The van der Waals surface area contributed by atoms with Crippen LogP contribution in [0.15, 0.2) is 23.4 Å². The van der Waals surface area contributed by atoms with Crippen LogP contribution in [0.3, 0.4) is 0 Å². The highest BCUT2D eigenvalue weighted by atomic mass is 19.2. The largest absolute Gasteiger partial charge is 0.737 e. The minimum Gasteiger partial charge on any atom is -0.394 e. The van der Waals surface area contributed by atoms with Crippen LogP contribution in [0.4, 0.5) is 8.63 Å². The second-order valence-corrected chi connectivity index (χ2v) is 5.80. The van der Waals surface area contributed by atoms with E-state index in [1.165, 1.54) is 8.96 Å². The number of nitrogens with zero attached hydrogens (tertiary/aromatic N) is 2. The predicted molar refractivity (Wildman–Crippen MR) is 79.2 cm³/mol. The smallest absolute Gasteiger partial charge is 0.394 e. The van der Waals surface area contributed by atoms with Gasteiger partial charge in [0.1, 0.15) is 5.71 Å². The second kappa shape index (κ2) is 3.93. The molecule has 0 aliphatic carbocycles. The van der Waals surface area contributed by atoms with E-state index in [0.29, 0.717) is 22.8 Å². The Morgan fingerprint density at radius 3 is 2.45 bits per heavy atom. The van der Waals surface area contributed by atoms with Crippen molar-refractivity contribution in [2.45, 2.75) is 41.0 Å². The number of rotatable bonds is 1. The summed E-state index contributed by atoms with van der Waals surface area (Å²) < 4.78 is 32.5. The van der Waals surface area contributed by atoms with Crippen molar-refractivity contribution in [2.24, 2.45) is 0 Å². The van der Waals surface area contributed by atoms with Crippen LogP contribution in [0.1, 0.15) is 44.1 Å². The van der Waals surface area contributed by atoms with Gasteiger partial charge in [-0.05, 0) is 44.5 Å². The molecule has 0 amide bonds. The average molecular weight is 276 g/mol. The Hall–Kier alpha value is -1.65. The highest BCUT2D eigenvalue weighted by Gasteiger charge is 2.54. The molecule has 5 heteroatoms.